The Hall–Kier alpha value is -3.41. The molecule has 32 heavy (non-hydrogen) atoms. The van der Waals surface area contributed by atoms with E-state index in [4.69, 9.17) is 0 Å². The molecule has 164 valence electrons. The van der Waals surface area contributed by atoms with Gasteiger partial charge in [0, 0.05) is 38.3 Å². The monoisotopic (exact) mass is 429 g/mol. The van der Waals surface area contributed by atoms with E-state index in [0.717, 1.165) is 44.5 Å². The second-order valence-electron chi connectivity index (χ2n) is 8.73. The number of carbonyl (C=O) groups excluding carboxylic acids is 1. The average Bonchev–Trinajstić information content (AvgIpc) is 2.86. The summed E-state index contributed by atoms with van der Waals surface area (Å²) in [5, 5.41) is 3.16. The van der Waals surface area contributed by atoms with Crippen molar-refractivity contribution < 1.29 is 4.79 Å². The van der Waals surface area contributed by atoms with E-state index in [1.165, 1.54) is 17.5 Å². The third-order valence-corrected chi connectivity index (χ3v) is 6.65. The zero-order valence-corrected chi connectivity index (χ0v) is 18.1. The molecule has 1 saturated heterocycles. The van der Waals surface area contributed by atoms with Crippen molar-refractivity contribution in [3.05, 3.63) is 91.2 Å². The molecule has 2 aliphatic heterocycles. The summed E-state index contributed by atoms with van der Waals surface area (Å²) in [5.41, 5.74) is 4.34. The van der Waals surface area contributed by atoms with E-state index in [0.29, 0.717) is 30.0 Å². The first-order valence-corrected chi connectivity index (χ1v) is 11.4. The Labute approximate surface area is 187 Å². The molecule has 6 nitrogen and oxygen atoms in total. The van der Waals surface area contributed by atoms with Gasteiger partial charge in [0.05, 0.1) is 0 Å². The number of hydrogen-bond acceptors (Lipinski definition) is 5. The minimum Gasteiger partial charge on any atom is -0.376 e. The Balaban J connectivity index is 1.23. The lowest BCUT2D eigenvalue weighted by Gasteiger charge is -2.31. The van der Waals surface area contributed by atoms with Crippen LogP contribution in [0.15, 0.2) is 58.1 Å². The smallest absolute Gasteiger partial charge is 0.254 e. The van der Waals surface area contributed by atoms with Crippen molar-refractivity contribution in [3.63, 3.8) is 0 Å². The predicted molar refractivity (Wildman–Crippen MR) is 126 cm³/mol. The summed E-state index contributed by atoms with van der Waals surface area (Å²) in [6.07, 6.45) is 4.15. The number of rotatable bonds is 5. The van der Waals surface area contributed by atoms with Crippen LogP contribution in [0, 0.1) is 0 Å². The van der Waals surface area contributed by atoms with Gasteiger partial charge in [0.25, 0.3) is 16.8 Å². The molecular formula is C26H27N3O3. The van der Waals surface area contributed by atoms with Gasteiger partial charge >= 0.3 is 0 Å². The molecule has 3 aromatic carbocycles. The summed E-state index contributed by atoms with van der Waals surface area (Å²) >= 11 is 0. The molecule has 0 aliphatic carbocycles. The van der Waals surface area contributed by atoms with Gasteiger partial charge in [-0.25, -0.2) is 0 Å². The first-order chi connectivity index (χ1) is 15.6. The van der Waals surface area contributed by atoms with Gasteiger partial charge in [-0.1, -0.05) is 36.4 Å². The van der Waals surface area contributed by atoms with Gasteiger partial charge in [0.2, 0.25) is 0 Å². The summed E-state index contributed by atoms with van der Waals surface area (Å²) in [6.45, 7) is 3.47. The summed E-state index contributed by atoms with van der Waals surface area (Å²) in [4.78, 5) is 41.1. The quantitative estimate of drug-likeness (QED) is 0.632. The summed E-state index contributed by atoms with van der Waals surface area (Å²) in [5.74, 6) is 0.0360. The van der Waals surface area contributed by atoms with Gasteiger partial charge in [0.15, 0.2) is 0 Å². The van der Waals surface area contributed by atoms with Crippen LogP contribution in [0.25, 0.3) is 0 Å². The number of hydrogen-bond donors (Lipinski definition) is 1. The number of fused-ring (bicyclic) bond motifs is 1. The van der Waals surface area contributed by atoms with Crippen LogP contribution in [0.3, 0.4) is 0 Å². The zero-order valence-electron chi connectivity index (χ0n) is 18.1. The number of amides is 1. The maximum Gasteiger partial charge on any atom is 0.254 e. The van der Waals surface area contributed by atoms with Gasteiger partial charge in [-0.15, -0.1) is 0 Å². The molecule has 0 radical (unpaired) electrons. The van der Waals surface area contributed by atoms with Crippen molar-refractivity contribution in [2.24, 2.45) is 0 Å². The number of benzene rings is 2. The third-order valence-electron chi connectivity index (χ3n) is 6.65. The molecule has 0 saturated carbocycles. The molecule has 3 aromatic rings. The highest BCUT2D eigenvalue weighted by atomic mass is 16.2. The van der Waals surface area contributed by atoms with Crippen molar-refractivity contribution in [2.75, 3.05) is 29.9 Å². The third kappa shape index (κ3) is 3.81. The molecule has 1 N–H and O–H groups in total. The first kappa shape index (κ1) is 20.5. The minimum absolute atomic E-state index is 0.0360. The molecule has 6 heteroatoms. The number of nitrogens with zero attached hydrogens (tertiary/aromatic N) is 2. The molecule has 0 unspecified atom stereocenters. The van der Waals surface area contributed by atoms with Crippen LogP contribution >= 0.6 is 0 Å². The fourth-order valence-corrected chi connectivity index (χ4v) is 4.77. The Bertz CT molecular complexity index is 1200. The van der Waals surface area contributed by atoms with Gasteiger partial charge in [-0.2, -0.15) is 0 Å². The lowest BCUT2D eigenvalue weighted by molar-refractivity contribution is 0.0734. The van der Waals surface area contributed by atoms with Crippen LogP contribution < -0.4 is 21.1 Å². The van der Waals surface area contributed by atoms with Crippen LogP contribution in [0.2, 0.25) is 0 Å². The van der Waals surface area contributed by atoms with E-state index < -0.39 is 5.43 Å². The van der Waals surface area contributed by atoms with Gasteiger partial charge in [0.1, 0.15) is 11.4 Å². The number of piperidine rings is 1. The zero-order chi connectivity index (χ0) is 22.1. The molecule has 2 aliphatic rings. The van der Waals surface area contributed by atoms with Crippen molar-refractivity contribution in [3.8, 4) is 0 Å². The average molecular weight is 430 g/mol. The molecule has 2 heterocycles. The molecule has 1 fully saturated rings. The molecule has 1 amide bonds. The van der Waals surface area contributed by atoms with Gasteiger partial charge in [-0.05, 0) is 54.5 Å². The van der Waals surface area contributed by atoms with Gasteiger partial charge in [-0.3, -0.25) is 14.4 Å². The van der Waals surface area contributed by atoms with Crippen LogP contribution in [0.5, 0.6) is 0 Å². The molecule has 0 aromatic heterocycles. The number of carbonyl (C=O) groups is 1. The maximum absolute atomic E-state index is 13.0. The van der Waals surface area contributed by atoms with Crippen molar-refractivity contribution in [1.82, 2.24) is 4.90 Å². The Morgan fingerprint density at radius 3 is 2.31 bits per heavy atom. The Morgan fingerprint density at radius 1 is 0.844 bits per heavy atom. The lowest BCUT2D eigenvalue weighted by Crippen LogP contribution is -2.44. The van der Waals surface area contributed by atoms with E-state index in [2.05, 4.69) is 17.4 Å². The van der Waals surface area contributed by atoms with E-state index >= 15 is 0 Å². The molecule has 0 spiro atoms. The van der Waals surface area contributed by atoms with E-state index in [1.807, 2.05) is 46.2 Å². The van der Waals surface area contributed by atoms with E-state index in [1.54, 1.807) is 0 Å². The number of anilines is 2. The number of nitrogens with one attached hydrogen (secondary N) is 1. The molecule has 5 rings (SSSR count). The fraction of sp³-hybridized carbons (Fsp3) is 0.346. The minimum atomic E-state index is -0.428. The summed E-state index contributed by atoms with van der Waals surface area (Å²) in [7, 11) is 0. The van der Waals surface area contributed by atoms with Crippen molar-refractivity contribution >= 4 is 17.3 Å². The topological polar surface area (TPSA) is 69.7 Å². The highest BCUT2D eigenvalue weighted by molar-refractivity contribution is 5.94. The second-order valence-corrected chi connectivity index (χ2v) is 8.73. The van der Waals surface area contributed by atoms with Crippen LogP contribution in [0.4, 0.5) is 11.4 Å². The largest absolute Gasteiger partial charge is 0.376 e. The SMILES string of the molecule is O=C(c1ccc(CNc2c(N3CCCCC3)c(=O)c2=O)cc1)N1CCc2ccccc2C1. The van der Waals surface area contributed by atoms with Crippen LogP contribution in [0.1, 0.15) is 46.3 Å². The fourth-order valence-electron chi connectivity index (χ4n) is 4.77. The Morgan fingerprint density at radius 2 is 1.56 bits per heavy atom. The van der Waals surface area contributed by atoms with Crippen LogP contribution in [-0.2, 0) is 19.5 Å². The molecular weight excluding hydrogens is 402 g/mol. The summed E-state index contributed by atoms with van der Waals surface area (Å²) in [6, 6.07) is 15.8. The van der Waals surface area contributed by atoms with Gasteiger partial charge < -0.3 is 15.1 Å². The van der Waals surface area contributed by atoms with E-state index in [-0.39, 0.29) is 11.3 Å². The lowest BCUT2D eigenvalue weighted by atomic mass is 9.99. The van der Waals surface area contributed by atoms with Crippen LogP contribution in [-0.4, -0.2) is 30.4 Å². The first-order valence-electron chi connectivity index (χ1n) is 11.4. The highest BCUT2D eigenvalue weighted by Crippen LogP contribution is 2.25. The van der Waals surface area contributed by atoms with Crippen molar-refractivity contribution in [1.29, 1.82) is 0 Å². The predicted octanol–water partition coefficient (Wildman–Crippen LogP) is 3.08. The normalized spacial score (nSPS) is 16.1. The highest BCUT2D eigenvalue weighted by Gasteiger charge is 2.27. The molecule has 0 bridgehead atoms. The van der Waals surface area contributed by atoms with Crippen molar-refractivity contribution in [2.45, 2.75) is 38.8 Å². The maximum atomic E-state index is 13.0. The standard InChI is InChI=1S/C26H27N3O3/c30-24-22(23(25(24)31)28-13-4-1-5-14-28)27-16-18-8-10-20(11-9-18)26(32)29-15-12-19-6-2-3-7-21(19)17-29/h2-3,6-11,27H,1,4-5,12-17H2. The Kier molecular flexibility index (Phi) is 5.52. The second kappa shape index (κ2) is 8.61. The molecule has 0 atom stereocenters. The van der Waals surface area contributed by atoms with E-state index in [9.17, 15) is 14.4 Å². The summed E-state index contributed by atoms with van der Waals surface area (Å²) < 4.78 is 0.